The van der Waals surface area contributed by atoms with Gasteiger partial charge in [0, 0.05) is 7.11 Å². The van der Waals surface area contributed by atoms with Crippen LogP contribution in [0.4, 0.5) is 0 Å². The number of ether oxygens (including phenoxy) is 6. The predicted octanol–water partition coefficient (Wildman–Crippen LogP) is 5.85. The van der Waals surface area contributed by atoms with E-state index >= 15 is 0 Å². The van der Waals surface area contributed by atoms with Crippen LogP contribution >= 0.6 is 0 Å². The normalized spacial score (nSPS) is 22.1. The van der Waals surface area contributed by atoms with Crippen molar-refractivity contribution in [3.63, 3.8) is 0 Å². The van der Waals surface area contributed by atoms with Crippen molar-refractivity contribution >= 4 is 10.1 Å². The molecule has 1 saturated heterocycles. The fraction of sp³-hybridized carbons (Fsp3) is 0.351. The van der Waals surface area contributed by atoms with E-state index in [2.05, 4.69) is 0 Å². The van der Waals surface area contributed by atoms with Crippen molar-refractivity contribution in [2.24, 2.45) is 0 Å². The van der Waals surface area contributed by atoms with Gasteiger partial charge in [0.25, 0.3) is 10.1 Å². The fourth-order valence-corrected chi connectivity index (χ4v) is 5.75. The van der Waals surface area contributed by atoms with Crippen LogP contribution in [0.1, 0.15) is 28.4 Å². The number of benzene rings is 4. The van der Waals surface area contributed by atoms with Gasteiger partial charge in [-0.05, 0) is 22.3 Å². The van der Waals surface area contributed by atoms with Crippen molar-refractivity contribution in [3.05, 3.63) is 144 Å². The van der Waals surface area contributed by atoms with Crippen LogP contribution in [-0.2, 0) is 62.5 Å². The summed E-state index contributed by atoms with van der Waals surface area (Å²) in [4.78, 5) is 0. The monoisotopic (exact) mass is 662 g/mol. The van der Waals surface area contributed by atoms with Gasteiger partial charge >= 0.3 is 0 Å². The second-order valence-corrected chi connectivity index (χ2v) is 12.9. The maximum Gasteiger partial charge on any atom is 0.264 e. The summed E-state index contributed by atoms with van der Waals surface area (Å²) in [7, 11) is -2.14. The highest BCUT2D eigenvalue weighted by molar-refractivity contribution is 7.85. The average Bonchev–Trinajstić information content (AvgIpc) is 3.10. The van der Waals surface area contributed by atoms with Crippen molar-refractivity contribution in [2.45, 2.75) is 56.6 Å². The van der Waals surface area contributed by atoms with Crippen molar-refractivity contribution in [1.29, 1.82) is 0 Å². The molecule has 250 valence electrons. The van der Waals surface area contributed by atoms with Crippen LogP contribution in [0.3, 0.4) is 0 Å². The van der Waals surface area contributed by atoms with Crippen LogP contribution in [0.2, 0.25) is 0 Å². The van der Waals surface area contributed by atoms with Crippen molar-refractivity contribution in [1.82, 2.24) is 0 Å². The molecule has 10 heteroatoms. The van der Waals surface area contributed by atoms with E-state index in [0.29, 0.717) is 19.8 Å². The predicted molar refractivity (Wildman–Crippen MR) is 177 cm³/mol. The van der Waals surface area contributed by atoms with E-state index in [0.717, 1.165) is 28.5 Å². The van der Waals surface area contributed by atoms with Crippen LogP contribution in [-0.4, -0.2) is 65.7 Å². The lowest BCUT2D eigenvalue weighted by atomic mass is 9.97. The highest BCUT2D eigenvalue weighted by atomic mass is 32.2. The summed E-state index contributed by atoms with van der Waals surface area (Å²) in [6.07, 6.45) is -3.10. The molecule has 0 bridgehead atoms. The standard InChI is InChI=1S/C37H42O9S/c1-40-37-36(44-25-30-19-11-5-12-20-30)35(43-24-29-17-9-4-10-18-29)34(42-23-28-15-7-3-8-16-28)33(46-37)26-41-32(27-45-47(2,38)39)31-21-13-6-14-22-31/h3-22,32-37H,23-27H2,1-2H3/t32-,33-,34-,35+,36-,37+/m1/s1. The largest absolute Gasteiger partial charge is 0.368 e. The van der Waals surface area contributed by atoms with Crippen molar-refractivity contribution in [3.8, 4) is 0 Å². The quantitative estimate of drug-likeness (QED) is 0.129. The molecule has 0 spiro atoms. The summed E-state index contributed by atoms with van der Waals surface area (Å²) < 4.78 is 67.4. The molecular formula is C37H42O9S. The summed E-state index contributed by atoms with van der Waals surface area (Å²) >= 11 is 0. The summed E-state index contributed by atoms with van der Waals surface area (Å²) in [6.45, 7) is 0.739. The van der Waals surface area contributed by atoms with Crippen LogP contribution < -0.4 is 0 Å². The SMILES string of the molecule is CO[C@H]1O[C@H](CO[C@H](COS(C)(=O)=O)c2ccccc2)[C@@H](OCc2ccccc2)[C@H](OCc2ccccc2)[C@H]1OCc1ccccc1. The van der Waals surface area contributed by atoms with Gasteiger partial charge in [0.2, 0.25) is 0 Å². The van der Waals surface area contributed by atoms with E-state index in [9.17, 15) is 8.42 Å². The van der Waals surface area contributed by atoms with E-state index in [1.54, 1.807) is 7.11 Å². The number of hydrogen-bond donors (Lipinski definition) is 0. The van der Waals surface area contributed by atoms with Gasteiger partial charge in [0.1, 0.15) is 30.5 Å². The first-order chi connectivity index (χ1) is 22.9. The molecule has 1 aliphatic heterocycles. The molecule has 0 unspecified atom stereocenters. The molecule has 0 aliphatic carbocycles. The second kappa shape index (κ2) is 17.6. The molecular weight excluding hydrogens is 620 g/mol. The van der Waals surface area contributed by atoms with Gasteiger partial charge in [-0.15, -0.1) is 0 Å². The third-order valence-electron chi connectivity index (χ3n) is 7.75. The van der Waals surface area contributed by atoms with Crippen LogP contribution in [0.25, 0.3) is 0 Å². The van der Waals surface area contributed by atoms with Gasteiger partial charge in [0.15, 0.2) is 6.29 Å². The molecule has 0 N–H and O–H groups in total. The zero-order valence-corrected chi connectivity index (χ0v) is 27.4. The first-order valence-corrected chi connectivity index (χ1v) is 17.4. The minimum atomic E-state index is -3.70. The van der Waals surface area contributed by atoms with E-state index in [1.165, 1.54) is 0 Å². The highest BCUT2D eigenvalue weighted by Crippen LogP contribution is 2.32. The molecule has 0 saturated carbocycles. The maximum absolute atomic E-state index is 11.9. The van der Waals surface area contributed by atoms with E-state index in [-0.39, 0.29) is 13.2 Å². The molecule has 47 heavy (non-hydrogen) atoms. The minimum Gasteiger partial charge on any atom is -0.368 e. The first-order valence-electron chi connectivity index (χ1n) is 15.6. The van der Waals surface area contributed by atoms with Gasteiger partial charge in [-0.25, -0.2) is 0 Å². The Morgan fingerprint density at radius 3 is 1.55 bits per heavy atom. The lowest BCUT2D eigenvalue weighted by Gasteiger charge is -2.45. The van der Waals surface area contributed by atoms with Crippen LogP contribution in [0, 0.1) is 0 Å². The van der Waals surface area contributed by atoms with Crippen molar-refractivity contribution in [2.75, 3.05) is 26.6 Å². The second-order valence-electron chi connectivity index (χ2n) is 11.3. The third-order valence-corrected chi connectivity index (χ3v) is 8.31. The number of methoxy groups -OCH3 is 1. The number of rotatable bonds is 17. The fourth-order valence-electron chi connectivity index (χ4n) is 5.37. The topological polar surface area (TPSA) is 98.8 Å². The molecule has 5 rings (SSSR count). The zero-order valence-electron chi connectivity index (χ0n) is 26.6. The highest BCUT2D eigenvalue weighted by Gasteiger charge is 2.49. The summed E-state index contributed by atoms with van der Waals surface area (Å²) in [5.74, 6) is 0. The molecule has 9 nitrogen and oxygen atoms in total. The van der Waals surface area contributed by atoms with Gasteiger partial charge in [-0.1, -0.05) is 121 Å². The van der Waals surface area contributed by atoms with Gasteiger partial charge in [0.05, 0.1) is 39.3 Å². The summed E-state index contributed by atoms with van der Waals surface area (Å²) in [5.41, 5.74) is 3.73. The van der Waals surface area contributed by atoms with E-state index < -0.39 is 46.9 Å². The van der Waals surface area contributed by atoms with Gasteiger partial charge in [-0.3, -0.25) is 4.18 Å². The average molecular weight is 663 g/mol. The summed E-state index contributed by atoms with van der Waals surface area (Å²) in [6, 6.07) is 38.9. The lowest BCUT2D eigenvalue weighted by molar-refractivity contribution is -0.324. The Kier molecular flexibility index (Phi) is 13.1. The molecule has 4 aromatic rings. The zero-order chi connectivity index (χ0) is 32.9. The Morgan fingerprint density at radius 1 is 0.638 bits per heavy atom. The smallest absolute Gasteiger partial charge is 0.264 e. The maximum atomic E-state index is 11.9. The Balaban J connectivity index is 1.43. The number of hydrogen-bond acceptors (Lipinski definition) is 9. The molecule has 1 heterocycles. The van der Waals surface area contributed by atoms with Gasteiger partial charge < -0.3 is 28.4 Å². The molecule has 0 amide bonds. The first kappa shape index (κ1) is 34.9. The van der Waals surface area contributed by atoms with Crippen molar-refractivity contribution < 1.29 is 41.0 Å². The van der Waals surface area contributed by atoms with Crippen LogP contribution in [0.5, 0.6) is 0 Å². The molecule has 1 aliphatic rings. The Hall–Kier alpha value is -3.45. The Bertz CT molecular complexity index is 1560. The third kappa shape index (κ3) is 10.8. The lowest BCUT2D eigenvalue weighted by Crippen LogP contribution is -2.61. The van der Waals surface area contributed by atoms with E-state index in [4.69, 9.17) is 32.6 Å². The Morgan fingerprint density at radius 2 is 1.09 bits per heavy atom. The molecule has 0 aromatic heterocycles. The van der Waals surface area contributed by atoms with Gasteiger partial charge in [-0.2, -0.15) is 8.42 Å². The molecule has 1 fully saturated rings. The minimum absolute atomic E-state index is 0.0304. The Labute approximate surface area is 277 Å². The molecule has 0 radical (unpaired) electrons. The molecule has 6 atom stereocenters. The molecule has 4 aromatic carbocycles. The summed E-state index contributed by atoms with van der Waals surface area (Å²) in [5, 5.41) is 0. The van der Waals surface area contributed by atoms with E-state index in [1.807, 2.05) is 121 Å². The van der Waals surface area contributed by atoms with Crippen LogP contribution in [0.15, 0.2) is 121 Å².